The quantitative estimate of drug-likeness (QED) is 0.782. The van der Waals surface area contributed by atoms with Gasteiger partial charge in [-0.25, -0.2) is 4.98 Å². The Bertz CT molecular complexity index is 949. The first-order valence-corrected chi connectivity index (χ1v) is 9.58. The van der Waals surface area contributed by atoms with Crippen LogP contribution in [0.2, 0.25) is 0 Å². The summed E-state index contributed by atoms with van der Waals surface area (Å²) in [5.74, 6) is 2.33. The summed E-state index contributed by atoms with van der Waals surface area (Å²) in [6.45, 7) is 2.50. The van der Waals surface area contributed by atoms with E-state index in [2.05, 4.69) is 47.8 Å². The van der Waals surface area contributed by atoms with Gasteiger partial charge < -0.3 is 10.1 Å². The van der Waals surface area contributed by atoms with Gasteiger partial charge in [0.1, 0.15) is 12.4 Å². The van der Waals surface area contributed by atoms with Gasteiger partial charge in [0, 0.05) is 24.4 Å². The number of aromatic nitrogens is 2. The molecule has 4 nitrogen and oxygen atoms in total. The second kappa shape index (κ2) is 6.69. The third-order valence-corrected chi connectivity index (χ3v) is 5.29. The summed E-state index contributed by atoms with van der Waals surface area (Å²) < 4.78 is 6.23. The Hall–Kier alpha value is -2.46. The van der Waals surface area contributed by atoms with Gasteiger partial charge in [0.25, 0.3) is 0 Å². The Morgan fingerprint density at radius 3 is 2.69 bits per heavy atom. The molecule has 2 aliphatic rings. The first-order chi connectivity index (χ1) is 12.9. The minimum atomic E-state index is 0.541. The highest BCUT2D eigenvalue weighted by molar-refractivity contribution is 5.82. The van der Waals surface area contributed by atoms with E-state index in [4.69, 9.17) is 14.7 Å². The Morgan fingerprint density at radius 1 is 0.962 bits per heavy atom. The van der Waals surface area contributed by atoms with Crippen molar-refractivity contribution < 1.29 is 4.74 Å². The highest BCUT2D eigenvalue weighted by Gasteiger charge is 2.29. The van der Waals surface area contributed by atoms with Crippen molar-refractivity contribution in [2.75, 3.05) is 13.1 Å². The van der Waals surface area contributed by atoms with Crippen LogP contribution in [-0.4, -0.2) is 23.1 Å². The number of fused-ring (bicyclic) bond motifs is 2. The van der Waals surface area contributed by atoms with E-state index >= 15 is 0 Å². The van der Waals surface area contributed by atoms with Gasteiger partial charge in [-0.05, 0) is 48.2 Å². The fourth-order valence-corrected chi connectivity index (χ4v) is 3.65. The van der Waals surface area contributed by atoms with Gasteiger partial charge >= 0.3 is 0 Å². The average molecular weight is 345 g/mol. The molecule has 0 radical (unpaired) electrons. The Labute approximate surface area is 153 Å². The van der Waals surface area contributed by atoms with E-state index in [1.807, 2.05) is 0 Å². The van der Waals surface area contributed by atoms with Gasteiger partial charge in [-0.3, -0.25) is 0 Å². The van der Waals surface area contributed by atoms with E-state index in [1.165, 1.54) is 40.4 Å². The molecule has 2 heterocycles. The maximum atomic E-state index is 6.23. The number of benzene rings is 2. The topological polar surface area (TPSA) is 47.0 Å². The molecule has 1 saturated carbocycles. The van der Waals surface area contributed by atoms with Crippen LogP contribution in [-0.2, 0) is 19.4 Å². The zero-order valence-electron chi connectivity index (χ0n) is 14.9. The minimum Gasteiger partial charge on any atom is -0.473 e. The highest BCUT2D eigenvalue weighted by atomic mass is 16.5. The van der Waals surface area contributed by atoms with Gasteiger partial charge in [0.2, 0.25) is 5.88 Å². The number of nitrogens with zero attached hydrogens (tertiary/aromatic N) is 2. The van der Waals surface area contributed by atoms with Crippen molar-refractivity contribution in [3.63, 3.8) is 0 Å². The van der Waals surface area contributed by atoms with E-state index in [9.17, 15) is 0 Å². The van der Waals surface area contributed by atoms with Crippen LogP contribution in [0.4, 0.5) is 0 Å². The summed E-state index contributed by atoms with van der Waals surface area (Å²) in [5.41, 5.74) is 3.55. The van der Waals surface area contributed by atoms with Crippen molar-refractivity contribution in [2.24, 2.45) is 0 Å². The van der Waals surface area contributed by atoms with Crippen LogP contribution in [0.5, 0.6) is 5.88 Å². The zero-order valence-corrected chi connectivity index (χ0v) is 14.9. The van der Waals surface area contributed by atoms with Crippen molar-refractivity contribution >= 4 is 10.8 Å². The normalized spacial score (nSPS) is 16.9. The van der Waals surface area contributed by atoms with Crippen LogP contribution in [0.25, 0.3) is 10.8 Å². The maximum Gasteiger partial charge on any atom is 0.220 e. The molecule has 0 atom stereocenters. The number of ether oxygens (including phenoxy) is 1. The Kier molecular flexibility index (Phi) is 4.06. The minimum absolute atomic E-state index is 0.541. The van der Waals surface area contributed by atoms with E-state index in [-0.39, 0.29) is 0 Å². The van der Waals surface area contributed by atoms with Crippen LogP contribution in [0.3, 0.4) is 0 Å². The van der Waals surface area contributed by atoms with E-state index in [0.717, 1.165) is 37.6 Å². The zero-order chi connectivity index (χ0) is 17.3. The SMILES string of the molecule is c1ccc2cc(COc3nc(C4CC4)nc4c3CCNCC4)ccc2c1. The summed E-state index contributed by atoms with van der Waals surface area (Å²) in [4.78, 5) is 9.67. The number of nitrogens with one attached hydrogen (secondary N) is 1. The largest absolute Gasteiger partial charge is 0.473 e. The first-order valence-electron chi connectivity index (χ1n) is 9.58. The molecule has 0 amide bonds. The lowest BCUT2D eigenvalue weighted by atomic mass is 10.1. The van der Waals surface area contributed by atoms with Crippen molar-refractivity contribution in [3.8, 4) is 5.88 Å². The van der Waals surface area contributed by atoms with Crippen molar-refractivity contribution in [2.45, 2.75) is 38.2 Å². The molecule has 132 valence electrons. The van der Waals surface area contributed by atoms with Gasteiger partial charge in [-0.2, -0.15) is 4.98 Å². The summed E-state index contributed by atoms with van der Waals surface area (Å²) >= 11 is 0. The lowest BCUT2D eigenvalue weighted by molar-refractivity contribution is 0.288. The van der Waals surface area contributed by atoms with Crippen LogP contribution < -0.4 is 10.1 Å². The monoisotopic (exact) mass is 345 g/mol. The first kappa shape index (κ1) is 15.8. The molecule has 4 heteroatoms. The van der Waals surface area contributed by atoms with Gasteiger partial charge in [0.15, 0.2) is 0 Å². The molecule has 2 aromatic carbocycles. The van der Waals surface area contributed by atoms with Crippen molar-refractivity contribution in [3.05, 3.63) is 65.1 Å². The summed E-state index contributed by atoms with van der Waals surface area (Å²) in [6, 6.07) is 14.9. The fraction of sp³-hybridized carbons (Fsp3) is 0.364. The summed E-state index contributed by atoms with van der Waals surface area (Å²) in [6.07, 6.45) is 4.32. The maximum absolute atomic E-state index is 6.23. The third-order valence-electron chi connectivity index (χ3n) is 5.29. The lowest BCUT2D eigenvalue weighted by Crippen LogP contribution is -2.16. The molecule has 5 rings (SSSR count). The highest BCUT2D eigenvalue weighted by Crippen LogP contribution is 2.39. The Balaban J connectivity index is 1.44. The van der Waals surface area contributed by atoms with Crippen LogP contribution in [0, 0.1) is 0 Å². The average Bonchev–Trinajstić information content (AvgIpc) is 3.52. The smallest absolute Gasteiger partial charge is 0.220 e. The molecule has 0 unspecified atom stereocenters. The lowest BCUT2D eigenvalue weighted by Gasteiger charge is -2.14. The van der Waals surface area contributed by atoms with Gasteiger partial charge in [-0.1, -0.05) is 36.4 Å². The fourth-order valence-electron chi connectivity index (χ4n) is 3.65. The second-order valence-corrected chi connectivity index (χ2v) is 7.31. The van der Waals surface area contributed by atoms with Gasteiger partial charge in [0.05, 0.1) is 5.69 Å². The molecular weight excluding hydrogens is 322 g/mol. The second-order valence-electron chi connectivity index (χ2n) is 7.31. The van der Waals surface area contributed by atoms with E-state index in [1.54, 1.807) is 0 Å². The van der Waals surface area contributed by atoms with Crippen LogP contribution in [0.15, 0.2) is 42.5 Å². The molecule has 1 aliphatic carbocycles. The molecule has 1 aromatic heterocycles. The Morgan fingerprint density at radius 2 is 1.81 bits per heavy atom. The van der Waals surface area contributed by atoms with E-state index < -0.39 is 0 Å². The molecule has 1 fully saturated rings. The molecule has 1 aliphatic heterocycles. The number of rotatable bonds is 4. The molecular formula is C22H23N3O. The summed E-state index contributed by atoms with van der Waals surface area (Å²) in [5, 5.41) is 5.96. The molecule has 1 N–H and O–H groups in total. The predicted octanol–water partition coefficient (Wildman–Crippen LogP) is 3.77. The van der Waals surface area contributed by atoms with Crippen LogP contribution in [0.1, 0.15) is 41.4 Å². The molecule has 26 heavy (non-hydrogen) atoms. The van der Waals surface area contributed by atoms with Gasteiger partial charge in [-0.15, -0.1) is 0 Å². The number of hydrogen-bond donors (Lipinski definition) is 1. The molecule has 0 bridgehead atoms. The molecule has 0 spiro atoms. The van der Waals surface area contributed by atoms with E-state index in [0.29, 0.717) is 12.5 Å². The molecule has 0 saturated heterocycles. The standard InChI is InChI=1S/C22H23N3O/c1-2-4-18-13-15(5-6-16(18)3-1)14-26-22-19-9-11-23-12-10-20(19)24-21(25-22)17-7-8-17/h1-6,13,17,23H,7-12,14H2. The summed E-state index contributed by atoms with van der Waals surface area (Å²) in [7, 11) is 0. The van der Waals surface area contributed by atoms with Crippen molar-refractivity contribution in [1.29, 1.82) is 0 Å². The molecule has 3 aromatic rings. The van der Waals surface area contributed by atoms with Crippen LogP contribution >= 0.6 is 0 Å². The predicted molar refractivity (Wildman–Crippen MR) is 103 cm³/mol. The number of hydrogen-bond acceptors (Lipinski definition) is 4. The van der Waals surface area contributed by atoms with Crippen molar-refractivity contribution in [1.82, 2.24) is 15.3 Å². The third kappa shape index (κ3) is 3.17.